The topological polar surface area (TPSA) is 95.6 Å². The second-order valence-electron chi connectivity index (χ2n) is 3.12. The second kappa shape index (κ2) is 5.77. The Hall–Kier alpha value is -2.01. The predicted molar refractivity (Wildman–Crippen MR) is 60.3 cm³/mol. The molecular weight excluding hydrogens is 208 g/mol. The molecule has 0 aromatic heterocycles. The van der Waals surface area contributed by atoms with Gasteiger partial charge in [0.05, 0.1) is 5.56 Å². The Morgan fingerprint density at radius 1 is 1.38 bits per heavy atom. The fourth-order valence-corrected chi connectivity index (χ4v) is 1.13. The van der Waals surface area contributed by atoms with E-state index in [-0.39, 0.29) is 17.1 Å². The SMILES string of the molecule is NC/C=C/CNC(=O)c1cc(O)ccc1O. The molecular formula is C11H14N2O3. The Bertz CT molecular complexity index is 402. The average Bonchev–Trinajstić information content (AvgIpc) is 2.27. The molecule has 0 saturated carbocycles. The van der Waals surface area contributed by atoms with E-state index in [2.05, 4.69) is 5.32 Å². The lowest BCUT2D eigenvalue weighted by Gasteiger charge is -2.05. The highest BCUT2D eigenvalue weighted by Crippen LogP contribution is 2.21. The molecule has 0 atom stereocenters. The summed E-state index contributed by atoms with van der Waals surface area (Å²) < 4.78 is 0. The van der Waals surface area contributed by atoms with E-state index in [4.69, 9.17) is 5.73 Å². The van der Waals surface area contributed by atoms with Crippen LogP contribution >= 0.6 is 0 Å². The smallest absolute Gasteiger partial charge is 0.255 e. The molecule has 1 aromatic rings. The molecule has 0 heterocycles. The summed E-state index contributed by atoms with van der Waals surface area (Å²) in [5.74, 6) is -0.686. The molecule has 1 amide bonds. The van der Waals surface area contributed by atoms with Gasteiger partial charge < -0.3 is 21.3 Å². The van der Waals surface area contributed by atoms with Gasteiger partial charge in [0.25, 0.3) is 5.91 Å². The van der Waals surface area contributed by atoms with Crippen molar-refractivity contribution in [2.75, 3.05) is 13.1 Å². The third-order valence-corrected chi connectivity index (χ3v) is 1.91. The van der Waals surface area contributed by atoms with Crippen molar-refractivity contribution in [3.63, 3.8) is 0 Å². The fourth-order valence-electron chi connectivity index (χ4n) is 1.13. The van der Waals surface area contributed by atoms with E-state index >= 15 is 0 Å². The minimum Gasteiger partial charge on any atom is -0.508 e. The highest BCUT2D eigenvalue weighted by atomic mass is 16.3. The van der Waals surface area contributed by atoms with E-state index in [0.29, 0.717) is 13.1 Å². The van der Waals surface area contributed by atoms with Crippen molar-refractivity contribution in [1.29, 1.82) is 0 Å². The molecule has 0 spiro atoms. The molecule has 0 aliphatic heterocycles. The van der Waals surface area contributed by atoms with Gasteiger partial charge in [-0.15, -0.1) is 0 Å². The van der Waals surface area contributed by atoms with E-state index < -0.39 is 5.91 Å². The van der Waals surface area contributed by atoms with Gasteiger partial charge in [-0.1, -0.05) is 12.2 Å². The molecule has 5 heteroatoms. The van der Waals surface area contributed by atoms with Crippen LogP contribution in [0.5, 0.6) is 11.5 Å². The van der Waals surface area contributed by atoms with Gasteiger partial charge in [-0.05, 0) is 18.2 Å². The Kier molecular flexibility index (Phi) is 4.35. The standard InChI is InChI=1S/C11H14N2O3/c12-5-1-2-6-13-11(16)9-7-8(14)3-4-10(9)15/h1-4,7,14-15H,5-6,12H2,(H,13,16)/b2-1+. The maximum atomic E-state index is 11.5. The van der Waals surface area contributed by atoms with Crippen LogP contribution in [0.15, 0.2) is 30.4 Å². The number of hydrogen-bond acceptors (Lipinski definition) is 4. The molecule has 0 aliphatic rings. The molecule has 1 rings (SSSR count). The number of nitrogens with two attached hydrogens (primary N) is 1. The molecule has 5 N–H and O–H groups in total. The molecule has 16 heavy (non-hydrogen) atoms. The second-order valence-corrected chi connectivity index (χ2v) is 3.12. The van der Waals surface area contributed by atoms with Crippen LogP contribution in [0.2, 0.25) is 0 Å². The number of aromatic hydroxyl groups is 2. The van der Waals surface area contributed by atoms with Gasteiger partial charge in [0.15, 0.2) is 0 Å². The van der Waals surface area contributed by atoms with Crippen LogP contribution in [0.25, 0.3) is 0 Å². The van der Waals surface area contributed by atoms with Gasteiger partial charge in [0.2, 0.25) is 0 Å². The first-order chi connectivity index (χ1) is 7.65. The van der Waals surface area contributed by atoms with Crippen molar-refractivity contribution in [3.8, 4) is 11.5 Å². The molecule has 0 unspecified atom stereocenters. The summed E-state index contributed by atoms with van der Waals surface area (Å²) >= 11 is 0. The van der Waals surface area contributed by atoms with Gasteiger partial charge in [-0.25, -0.2) is 0 Å². The number of amides is 1. The zero-order valence-corrected chi connectivity index (χ0v) is 8.68. The third kappa shape index (κ3) is 3.29. The van der Waals surface area contributed by atoms with Crippen LogP contribution in [0.1, 0.15) is 10.4 Å². The largest absolute Gasteiger partial charge is 0.508 e. The fraction of sp³-hybridized carbons (Fsp3) is 0.182. The van der Waals surface area contributed by atoms with Gasteiger partial charge in [0.1, 0.15) is 11.5 Å². The first-order valence-corrected chi connectivity index (χ1v) is 4.80. The Balaban J connectivity index is 2.65. The maximum Gasteiger partial charge on any atom is 0.255 e. The summed E-state index contributed by atoms with van der Waals surface area (Å²) in [6, 6.07) is 3.78. The van der Waals surface area contributed by atoms with Gasteiger partial charge in [-0.2, -0.15) is 0 Å². The van der Waals surface area contributed by atoms with Crippen LogP contribution in [0.4, 0.5) is 0 Å². The molecule has 5 nitrogen and oxygen atoms in total. The molecule has 0 bridgehead atoms. The molecule has 0 radical (unpaired) electrons. The monoisotopic (exact) mass is 222 g/mol. The summed E-state index contributed by atoms with van der Waals surface area (Å²) in [5, 5.41) is 21.1. The number of benzene rings is 1. The Morgan fingerprint density at radius 3 is 2.81 bits per heavy atom. The van der Waals surface area contributed by atoms with E-state index in [0.717, 1.165) is 0 Å². The van der Waals surface area contributed by atoms with Crippen LogP contribution in [0, 0.1) is 0 Å². The minimum absolute atomic E-state index is 0.0427. The van der Waals surface area contributed by atoms with E-state index in [1.54, 1.807) is 12.2 Å². The first-order valence-electron chi connectivity index (χ1n) is 4.80. The average molecular weight is 222 g/mol. The molecule has 0 fully saturated rings. The summed E-state index contributed by atoms with van der Waals surface area (Å²) in [6.45, 7) is 0.734. The van der Waals surface area contributed by atoms with Crippen LogP contribution < -0.4 is 11.1 Å². The summed E-state index contributed by atoms with van der Waals surface area (Å²) in [6.07, 6.45) is 3.42. The van der Waals surface area contributed by atoms with E-state index in [1.807, 2.05) is 0 Å². The summed E-state index contributed by atoms with van der Waals surface area (Å²) in [5.41, 5.74) is 5.27. The lowest BCUT2D eigenvalue weighted by molar-refractivity contribution is 0.0955. The normalized spacial score (nSPS) is 10.6. The molecule has 1 aromatic carbocycles. The zero-order valence-electron chi connectivity index (χ0n) is 8.68. The lowest BCUT2D eigenvalue weighted by atomic mass is 10.2. The third-order valence-electron chi connectivity index (χ3n) is 1.91. The number of carbonyl (C=O) groups excluding carboxylic acids is 1. The maximum absolute atomic E-state index is 11.5. The van der Waals surface area contributed by atoms with Gasteiger partial charge in [0, 0.05) is 13.1 Å². The Morgan fingerprint density at radius 2 is 2.12 bits per heavy atom. The predicted octanol–water partition coefficient (Wildman–Crippen LogP) is 0.342. The van der Waals surface area contributed by atoms with Crippen molar-refractivity contribution in [2.24, 2.45) is 5.73 Å². The van der Waals surface area contributed by atoms with Gasteiger partial charge in [-0.3, -0.25) is 4.79 Å². The van der Waals surface area contributed by atoms with Crippen molar-refractivity contribution >= 4 is 5.91 Å². The number of hydrogen-bond donors (Lipinski definition) is 4. The van der Waals surface area contributed by atoms with Crippen molar-refractivity contribution < 1.29 is 15.0 Å². The quantitative estimate of drug-likeness (QED) is 0.436. The van der Waals surface area contributed by atoms with Crippen molar-refractivity contribution in [3.05, 3.63) is 35.9 Å². The molecule has 0 aliphatic carbocycles. The lowest BCUT2D eigenvalue weighted by Crippen LogP contribution is -2.23. The number of phenolic OH excluding ortho intramolecular Hbond substituents is 2. The zero-order chi connectivity index (χ0) is 12.0. The van der Waals surface area contributed by atoms with Gasteiger partial charge >= 0.3 is 0 Å². The van der Waals surface area contributed by atoms with Crippen LogP contribution in [-0.2, 0) is 0 Å². The summed E-state index contributed by atoms with van der Waals surface area (Å²) in [4.78, 5) is 11.5. The number of nitrogens with one attached hydrogen (secondary N) is 1. The molecule has 0 saturated heterocycles. The Labute approximate surface area is 93.2 Å². The van der Waals surface area contributed by atoms with E-state index in [1.165, 1.54) is 18.2 Å². The van der Waals surface area contributed by atoms with Crippen molar-refractivity contribution in [1.82, 2.24) is 5.32 Å². The number of phenols is 2. The van der Waals surface area contributed by atoms with Crippen LogP contribution in [-0.4, -0.2) is 29.2 Å². The summed E-state index contributed by atoms with van der Waals surface area (Å²) in [7, 11) is 0. The first kappa shape index (κ1) is 12.1. The molecule has 86 valence electrons. The van der Waals surface area contributed by atoms with Crippen LogP contribution in [0.3, 0.4) is 0 Å². The highest BCUT2D eigenvalue weighted by Gasteiger charge is 2.10. The number of rotatable bonds is 4. The highest BCUT2D eigenvalue weighted by molar-refractivity contribution is 5.97. The number of carbonyl (C=O) groups is 1. The minimum atomic E-state index is -0.449. The van der Waals surface area contributed by atoms with Crippen molar-refractivity contribution in [2.45, 2.75) is 0 Å². The van der Waals surface area contributed by atoms with E-state index in [9.17, 15) is 15.0 Å².